The van der Waals surface area contributed by atoms with Crippen molar-refractivity contribution in [2.45, 2.75) is 32.2 Å². The van der Waals surface area contributed by atoms with Gasteiger partial charge in [0.2, 0.25) is 0 Å². The Morgan fingerprint density at radius 3 is 2.87 bits per heavy atom. The number of nitrogens with one attached hydrogen (secondary N) is 1. The second kappa shape index (κ2) is 6.73. The molecule has 2 aromatic rings. The van der Waals surface area contributed by atoms with Gasteiger partial charge in [-0.3, -0.25) is 0 Å². The van der Waals surface area contributed by atoms with Crippen molar-refractivity contribution < 1.29 is 4.74 Å². The van der Waals surface area contributed by atoms with Crippen LogP contribution in [0.1, 0.15) is 26.2 Å². The average molecular weight is 313 g/mol. The Hall–Kier alpha value is -2.50. The third-order valence-corrected chi connectivity index (χ3v) is 4.30. The summed E-state index contributed by atoms with van der Waals surface area (Å²) in [5.41, 5.74) is 7.75. The van der Waals surface area contributed by atoms with Crippen LogP contribution in [0.2, 0.25) is 0 Å². The maximum atomic E-state index is 6.35. The highest BCUT2D eigenvalue weighted by Crippen LogP contribution is 2.34. The molecule has 0 aliphatic carbocycles. The molecule has 1 saturated heterocycles. The number of nitrogen functional groups attached to an aromatic ring is 1. The van der Waals surface area contributed by atoms with E-state index in [9.17, 15) is 0 Å². The second-order valence-corrected chi connectivity index (χ2v) is 5.82. The number of para-hydroxylation sites is 2. The van der Waals surface area contributed by atoms with Crippen molar-refractivity contribution in [3.8, 4) is 5.75 Å². The molecule has 1 fully saturated rings. The van der Waals surface area contributed by atoms with Gasteiger partial charge in [-0.25, -0.2) is 9.97 Å². The molecule has 6 heteroatoms. The van der Waals surface area contributed by atoms with Gasteiger partial charge in [0.25, 0.3) is 0 Å². The van der Waals surface area contributed by atoms with E-state index in [1.165, 1.54) is 19.3 Å². The highest BCUT2D eigenvalue weighted by molar-refractivity contribution is 5.79. The topological polar surface area (TPSA) is 76.3 Å². The molecule has 0 bridgehead atoms. The maximum absolute atomic E-state index is 6.35. The Balaban J connectivity index is 1.90. The Bertz CT molecular complexity index is 676. The number of methoxy groups -OCH3 is 1. The van der Waals surface area contributed by atoms with Gasteiger partial charge in [-0.15, -0.1) is 0 Å². The van der Waals surface area contributed by atoms with Crippen LogP contribution in [0.3, 0.4) is 0 Å². The van der Waals surface area contributed by atoms with Crippen LogP contribution in [-0.4, -0.2) is 29.7 Å². The lowest BCUT2D eigenvalue weighted by Gasteiger charge is -2.35. The smallest absolute Gasteiger partial charge is 0.159 e. The van der Waals surface area contributed by atoms with Gasteiger partial charge < -0.3 is 20.7 Å². The molecule has 1 unspecified atom stereocenters. The van der Waals surface area contributed by atoms with Crippen molar-refractivity contribution in [3.63, 3.8) is 0 Å². The summed E-state index contributed by atoms with van der Waals surface area (Å²) >= 11 is 0. The van der Waals surface area contributed by atoms with Gasteiger partial charge in [0, 0.05) is 12.6 Å². The summed E-state index contributed by atoms with van der Waals surface area (Å²) in [6.45, 7) is 3.20. The van der Waals surface area contributed by atoms with E-state index in [1.807, 2.05) is 24.3 Å². The van der Waals surface area contributed by atoms with E-state index in [2.05, 4.69) is 27.1 Å². The fourth-order valence-electron chi connectivity index (χ4n) is 3.00. The number of benzene rings is 1. The summed E-state index contributed by atoms with van der Waals surface area (Å²) in [7, 11) is 1.64. The normalized spacial score (nSPS) is 17.8. The van der Waals surface area contributed by atoms with Crippen LogP contribution >= 0.6 is 0 Å². The number of hydrogen-bond donors (Lipinski definition) is 2. The first-order valence-corrected chi connectivity index (χ1v) is 7.98. The van der Waals surface area contributed by atoms with Crippen molar-refractivity contribution in [2.75, 3.05) is 29.6 Å². The number of piperidine rings is 1. The summed E-state index contributed by atoms with van der Waals surface area (Å²) in [6, 6.07) is 8.14. The van der Waals surface area contributed by atoms with E-state index in [0.717, 1.165) is 23.8 Å². The van der Waals surface area contributed by atoms with Gasteiger partial charge in [0.1, 0.15) is 17.8 Å². The van der Waals surface area contributed by atoms with E-state index in [1.54, 1.807) is 13.4 Å². The Labute approximate surface area is 136 Å². The van der Waals surface area contributed by atoms with Gasteiger partial charge >= 0.3 is 0 Å². The highest BCUT2D eigenvalue weighted by atomic mass is 16.5. The molecule has 1 aromatic carbocycles. The van der Waals surface area contributed by atoms with E-state index in [-0.39, 0.29) is 0 Å². The van der Waals surface area contributed by atoms with Crippen molar-refractivity contribution in [2.24, 2.45) is 0 Å². The molecule has 0 saturated carbocycles. The molecule has 1 aromatic heterocycles. The quantitative estimate of drug-likeness (QED) is 0.903. The summed E-state index contributed by atoms with van der Waals surface area (Å²) in [6.07, 6.45) is 5.15. The Morgan fingerprint density at radius 1 is 1.26 bits per heavy atom. The van der Waals surface area contributed by atoms with E-state index < -0.39 is 0 Å². The van der Waals surface area contributed by atoms with Crippen molar-refractivity contribution >= 4 is 23.0 Å². The Morgan fingerprint density at radius 2 is 2.09 bits per heavy atom. The third-order valence-electron chi connectivity index (χ3n) is 4.30. The van der Waals surface area contributed by atoms with Crippen LogP contribution in [-0.2, 0) is 0 Å². The number of nitrogens with zero attached hydrogens (tertiary/aromatic N) is 3. The molecule has 0 spiro atoms. The fraction of sp³-hybridized carbons (Fsp3) is 0.412. The van der Waals surface area contributed by atoms with E-state index in [0.29, 0.717) is 17.5 Å². The fourth-order valence-corrected chi connectivity index (χ4v) is 3.00. The van der Waals surface area contributed by atoms with Gasteiger partial charge in [-0.2, -0.15) is 0 Å². The van der Waals surface area contributed by atoms with Crippen LogP contribution < -0.4 is 20.7 Å². The first-order valence-electron chi connectivity index (χ1n) is 7.98. The van der Waals surface area contributed by atoms with Crippen molar-refractivity contribution in [1.29, 1.82) is 0 Å². The van der Waals surface area contributed by atoms with Crippen LogP contribution in [0.25, 0.3) is 0 Å². The molecule has 6 nitrogen and oxygen atoms in total. The summed E-state index contributed by atoms with van der Waals surface area (Å²) in [5.74, 6) is 2.17. The maximum Gasteiger partial charge on any atom is 0.159 e. The lowest BCUT2D eigenvalue weighted by Crippen LogP contribution is -2.38. The zero-order valence-corrected chi connectivity index (χ0v) is 13.6. The number of hydrogen-bond acceptors (Lipinski definition) is 6. The van der Waals surface area contributed by atoms with Gasteiger partial charge in [0.05, 0.1) is 12.8 Å². The predicted octanol–water partition coefficient (Wildman–Crippen LogP) is 3.19. The molecule has 1 aliphatic rings. The lowest BCUT2D eigenvalue weighted by atomic mass is 10.0. The minimum absolute atomic E-state index is 0.445. The molecule has 0 amide bonds. The Kier molecular flexibility index (Phi) is 4.50. The number of rotatable bonds is 4. The van der Waals surface area contributed by atoms with Gasteiger partial charge in [-0.1, -0.05) is 12.1 Å². The number of aromatic nitrogens is 2. The monoisotopic (exact) mass is 313 g/mol. The molecule has 1 atom stereocenters. The molecule has 23 heavy (non-hydrogen) atoms. The minimum Gasteiger partial charge on any atom is -0.495 e. The van der Waals surface area contributed by atoms with E-state index in [4.69, 9.17) is 10.5 Å². The van der Waals surface area contributed by atoms with Crippen LogP contribution in [0.4, 0.5) is 23.0 Å². The van der Waals surface area contributed by atoms with Crippen LogP contribution in [0, 0.1) is 0 Å². The van der Waals surface area contributed by atoms with Crippen LogP contribution in [0.5, 0.6) is 5.75 Å². The first kappa shape index (κ1) is 15.4. The zero-order valence-electron chi connectivity index (χ0n) is 13.6. The lowest BCUT2D eigenvalue weighted by molar-refractivity contribution is 0.417. The number of nitrogens with two attached hydrogens (primary N) is 1. The van der Waals surface area contributed by atoms with Gasteiger partial charge in [-0.05, 0) is 38.3 Å². The summed E-state index contributed by atoms with van der Waals surface area (Å²) in [5, 5.41) is 3.26. The highest BCUT2D eigenvalue weighted by Gasteiger charge is 2.23. The molecule has 3 rings (SSSR count). The second-order valence-electron chi connectivity index (χ2n) is 5.82. The molecule has 122 valence electrons. The molecule has 2 heterocycles. The predicted molar refractivity (Wildman–Crippen MR) is 93.4 cm³/mol. The molecule has 1 aliphatic heterocycles. The van der Waals surface area contributed by atoms with Crippen molar-refractivity contribution in [3.05, 3.63) is 30.6 Å². The minimum atomic E-state index is 0.445. The first-order chi connectivity index (χ1) is 11.2. The molecular formula is C17H23N5O. The van der Waals surface area contributed by atoms with E-state index >= 15 is 0 Å². The molecular weight excluding hydrogens is 290 g/mol. The SMILES string of the molecule is COc1ccccc1Nc1ncnc(N2CCCCC2C)c1N. The average Bonchev–Trinajstić information content (AvgIpc) is 2.58. The zero-order chi connectivity index (χ0) is 16.2. The largest absolute Gasteiger partial charge is 0.495 e. The van der Waals surface area contributed by atoms with Crippen molar-refractivity contribution in [1.82, 2.24) is 9.97 Å². The third kappa shape index (κ3) is 3.16. The van der Waals surface area contributed by atoms with Gasteiger partial charge in [0.15, 0.2) is 11.6 Å². The standard InChI is InChI=1S/C17H23N5O/c1-12-7-5-6-10-22(12)17-15(18)16(19-11-20-17)21-13-8-3-4-9-14(13)23-2/h3-4,8-9,11-12H,5-7,10,18H2,1-2H3,(H,19,20,21). The van der Waals surface area contributed by atoms with Crippen LogP contribution in [0.15, 0.2) is 30.6 Å². The molecule has 0 radical (unpaired) electrons. The summed E-state index contributed by atoms with van der Waals surface area (Å²) < 4.78 is 5.36. The summed E-state index contributed by atoms with van der Waals surface area (Å²) in [4.78, 5) is 11.0. The number of anilines is 4. The molecule has 3 N–H and O–H groups in total. The number of ether oxygens (including phenoxy) is 1.